The third-order valence-corrected chi connectivity index (χ3v) is 4.09. The van der Waals surface area contributed by atoms with E-state index in [4.69, 9.17) is 11.6 Å². The molecule has 1 aliphatic rings. The Hall–Kier alpha value is -1.84. The maximum atomic E-state index is 11.6. The molecule has 2 aromatic carbocycles. The topological polar surface area (TPSA) is 57.5 Å². The Bertz CT molecular complexity index is 709. The van der Waals surface area contributed by atoms with Gasteiger partial charge in [-0.05, 0) is 29.7 Å². The molecule has 0 radical (unpaired) electrons. The molecule has 3 rings (SSSR count). The maximum Gasteiger partial charge on any atom is 0.345 e. The van der Waals surface area contributed by atoms with Crippen molar-refractivity contribution < 1.29 is 15.0 Å². The minimum Gasteiger partial charge on any atom is -0.479 e. The average molecular weight is 275 g/mol. The quantitative estimate of drug-likeness (QED) is 0.841. The second kappa shape index (κ2) is 3.83. The summed E-state index contributed by atoms with van der Waals surface area (Å²) in [4.78, 5) is 11.6. The van der Waals surface area contributed by atoms with E-state index in [0.717, 1.165) is 11.1 Å². The van der Waals surface area contributed by atoms with E-state index in [1.165, 1.54) is 0 Å². The molecule has 0 fully saturated rings. The zero-order chi connectivity index (χ0) is 13.8. The molecule has 1 unspecified atom stereocenters. The predicted molar refractivity (Wildman–Crippen MR) is 72.3 cm³/mol. The molecule has 0 saturated heterocycles. The van der Waals surface area contributed by atoms with Crippen LogP contribution in [-0.4, -0.2) is 16.2 Å². The van der Waals surface area contributed by atoms with E-state index in [9.17, 15) is 15.0 Å². The molecular formula is C15H11ClO3. The molecule has 0 saturated carbocycles. The van der Waals surface area contributed by atoms with Gasteiger partial charge in [0.2, 0.25) is 5.60 Å². The van der Waals surface area contributed by atoms with Crippen molar-refractivity contribution in [1.82, 2.24) is 0 Å². The van der Waals surface area contributed by atoms with Gasteiger partial charge >= 0.3 is 5.97 Å². The smallest absolute Gasteiger partial charge is 0.345 e. The molecule has 19 heavy (non-hydrogen) atoms. The first-order valence-corrected chi connectivity index (χ1v) is 6.21. The zero-order valence-electron chi connectivity index (χ0n) is 10.1. The number of carbonyl (C=O) groups is 1. The fraction of sp³-hybridized carbons (Fsp3) is 0.133. The molecule has 4 heteroatoms. The molecule has 0 spiro atoms. The van der Waals surface area contributed by atoms with Gasteiger partial charge in [-0.3, -0.25) is 0 Å². The van der Waals surface area contributed by atoms with Crippen molar-refractivity contribution in [3.8, 4) is 11.1 Å². The molecule has 0 bridgehead atoms. The van der Waals surface area contributed by atoms with Crippen LogP contribution in [0.15, 0.2) is 36.4 Å². The van der Waals surface area contributed by atoms with E-state index in [1.807, 2.05) is 12.1 Å². The molecule has 0 amide bonds. The Morgan fingerprint density at radius 3 is 2.53 bits per heavy atom. The van der Waals surface area contributed by atoms with E-state index >= 15 is 0 Å². The number of carboxylic acids is 1. The van der Waals surface area contributed by atoms with Crippen LogP contribution in [0.2, 0.25) is 5.02 Å². The van der Waals surface area contributed by atoms with Crippen molar-refractivity contribution in [2.24, 2.45) is 0 Å². The van der Waals surface area contributed by atoms with Gasteiger partial charge in [0.1, 0.15) is 0 Å². The first-order valence-electron chi connectivity index (χ1n) is 5.83. The fourth-order valence-corrected chi connectivity index (χ4v) is 2.92. The van der Waals surface area contributed by atoms with E-state index in [0.29, 0.717) is 21.7 Å². The zero-order valence-corrected chi connectivity index (χ0v) is 10.9. The summed E-state index contributed by atoms with van der Waals surface area (Å²) in [5, 5.41) is 20.7. The minimum absolute atomic E-state index is 0.369. The van der Waals surface area contributed by atoms with Crippen LogP contribution in [0.3, 0.4) is 0 Å². The summed E-state index contributed by atoms with van der Waals surface area (Å²) in [5.41, 5.74) is 0.794. The first-order chi connectivity index (χ1) is 8.98. The lowest BCUT2D eigenvalue weighted by molar-refractivity contribution is -0.154. The highest BCUT2D eigenvalue weighted by Gasteiger charge is 2.49. The van der Waals surface area contributed by atoms with Crippen LogP contribution in [0.5, 0.6) is 0 Å². The molecule has 96 valence electrons. The lowest BCUT2D eigenvalue weighted by atomic mass is 9.89. The average Bonchev–Trinajstić information content (AvgIpc) is 2.66. The van der Waals surface area contributed by atoms with Gasteiger partial charge in [0.05, 0.1) is 0 Å². The van der Waals surface area contributed by atoms with Gasteiger partial charge in [0.25, 0.3) is 0 Å². The highest BCUT2D eigenvalue weighted by atomic mass is 35.5. The van der Waals surface area contributed by atoms with Crippen molar-refractivity contribution in [2.75, 3.05) is 0 Å². The van der Waals surface area contributed by atoms with Crippen molar-refractivity contribution in [1.29, 1.82) is 0 Å². The molecule has 0 heterocycles. The maximum absolute atomic E-state index is 11.6. The van der Waals surface area contributed by atoms with Crippen LogP contribution in [0.4, 0.5) is 0 Å². The molecule has 3 nitrogen and oxygen atoms in total. The first kappa shape index (κ1) is 12.2. The number of rotatable bonds is 1. The Kier molecular flexibility index (Phi) is 2.46. The summed E-state index contributed by atoms with van der Waals surface area (Å²) in [6, 6.07) is 10.5. The number of carboxylic acid groups (broad SMARTS) is 1. The minimum atomic E-state index is -2.03. The van der Waals surface area contributed by atoms with Crippen LogP contribution in [0.25, 0.3) is 11.1 Å². The second-order valence-corrected chi connectivity index (χ2v) is 5.06. The summed E-state index contributed by atoms with van der Waals surface area (Å²) < 4.78 is 0. The van der Waals surface area contributed by atoms with Crippen LogP contribution < -0.4 is 0 Å². The number of aliphatic hydroxyl groups is 1. The van der Waals surface area contributed by atoms with Crippen molar-refractivity contribution in [3.05, 3.63) is 58.1 Å². The van der Waals surface area contributed by atoms with Crippen LogP contribution in [-0.2, 0) is 10.4 Å². The summed E-state index contributed by atoms with van der Waals surface area (Å²) in [7, 11) is 0. The van der Waals surface area contributed by atoms with E-state index in [2.05, 4.69) is 0 Å². The van der Waals surface area contributed by atoms with Gasteiger partial charge in [0, 0.05) is 16.1 Å². The molecular weight excluding hydrogens is 264 g/mol. The molecule has 2 aromatic rings. The standard InChI is InChI=1S/C15H11ClO3/c1-8-12(16)7-6-10-9-4-2-3-5-11(9)15(19,13(8)10)14(17)18/h2-7,19H,1H3,(H,17,18). The highest BCUT2D eigenvalue weighted by molar-refractivity contribution is 6.31. The van der Waals surface area contributed by atoms with E-state index in [1.54, 1.807) is 31.2 Å². The van der Waals surface area contributed by atoms with Gasteiger partial charge in [-0.25, -0.2) is 4.79 Å². The van der Waals surface area contributed by atoms with E-state index in [-0.39, 0.29) is 0 Å². The largest absolute Gasteiger partial charge is 0.479 e. The van der Waals surface area contributed by atoms with Gasteiger partial charge in [-0.2, -0.15) is 0 Å². The Morgan fingerprint density at radius 1 is 1.16 bits per heavy atom. The molecule has 0 aliphatic heterocycles. The summed E-state index contributed by atoms with van der Waals surface area (Å²) in [6.07, 6.45) is 0. The van der Waals surface area contributed by atoms with Gasteiger partial charge in [0.15, 0.2) is 0 Å². The monoisotopic (exact) mass is 274 g/mol. The Morgan fingerprint density at radius 2 is 1.84 bits per heavy atom. The number of benzene rings is 2. The second-order valence-electron chi connectivity index (χ2n) is 4.66. The Balaban J connectivity index is 2.48. The molecule has 2 N–H and O–H groups in total. The molecule has 1 atom stereocenters. The molecule has 1 aliphatic carbocycles. The number of hydrogen-bond donors (Lipinski definition) is 2. The van der Waals surface area contributed by atoms with Crippen molar-refractivity contribution in [2.45, 2.75) is 12.5 Å². The Labute approximate surface area is 115 Å². The van der Waals surface area contributed by atoms with Crippen LogP contribution >= 0.6 is 11.6 Å². The third-order valence-electron chi connectivity index (χ3n) is 3.68. The van der Waals surface area contributed by atoms with Gasteiger partial charge in [-0.1, -0.05) is 41.9 Å². The number of aliphatic carboxylic acids is 1. The summed E-state index contributed by atoms with van der Waals surface area (Å²) in [6.45, 7) is 1.72. The lowest BCUT2D eigenvalue weighted by Crippen LogP contribution is -2.35. The normalized spacial score (nSPS) is 19.9. The van der Waals surface area contributed by atoms with Crippen LogP contribution in [0.1, 0.15) is 16.7 Å². The SMILES string of the molecule is Cc1c(Cl)ccc2c1C(O)(C(=O)O)c1ccccc1-2. The summed E-state index contributed by atoms with van der Waals surface area (Å²) >= 11 is 6.06. The van der Waals surface area contributed by atoms with Crippen molar-refractivity contribution >= 4 is 17.6 Å². The molecule has 0 aromatic heterocycles. The van der Waals surface area contributed by atoms with Gasteiger partial charge < -0.3 is 10.2 Å². The van der Waals surface area contributed by atoms with Crippen LogP contribution in [0, 0.1) is 6.92 Å². The third kappa shape index (κ3) is 1.40. The summed E-state index contributed by atoms with van der Waals surface area (Å²) in [5.74, 6) is -1.29. The van der Waals surface area contributed by atoms with Crippen molar-refractivity contribution in [3.63, 3.8) is 0 Å². The highest BCUT2D eigenvalue weighted by Crippen LogP contribution is 2.50. The predicted octanol–water partition coefficient (Wildman–Crippen LogP) is 2.95. The number of fused-ring (bicyclic) bond motifs is 3. The fourth-order valence-electron chi connectivity index (χ4n) is 2.77. The number of halogens is 1. The van der Waals surface area contributed by atoms with Gasteiger partial charge in [-0.15, -0.1) is 0 Å². The lowest BCUT2D eigenvalue weighted by Gasteiger charge is -2.22. The van der Waals surface area contributed by atoms with E-state index < -0.39 is 11.6 Å². The number of hydrogen-bond acceptors (Lipinski definition) is 2.